The fourth-order valence-electron chi connectivity index (χ4n) is 11.5. The lowest BCUT2D eigenvalue weighted by Gasteiger charge is -2.46. The summed E-state index contributed by atoms with van der Waals surface area (Å²) in [6.45, 7) is 2.80. The summed E-state index contributed by atoms with van der Waals surface area (Å²) in [7, 11) is 0. The number of allylic oxidation sites excluding steroid dienone is 5. The summed E-state index contributed by atoms with van der Waals surface area (Å²) in [5.74, 6) is -0.235. The molecule has 0 aromatic heterocycles. The van der Waals surface area contributed by atoms with E-state index in [1.165, 1.54) is 231 Å². The van der Waals surface area contributed by atoms with E-state index in [0.717, 1.165) is 44.9 Å². The number of nitrogens with one attached hydrogen (secondary N) is 1. The highest BCUT2D eigenvalue weighted by atomic mass is 16.7. The van der Waals surface area contributed by atoms with Crippen LogP contribution < -0.4 is 5.32 Å². The van der Waals surface area contributed by atoms with E-state index in [9.17, 15) is 45.6 Å². The van der Waals surface area contributed by atoms with Gasteiger partial charge in [0, 0.05) is 6.42 Å². The minimum Gasteiger partial charge on any atom is -0.394 e. The molecule has 0 aliphatic carbocycles. The third kappa shape index (κ3) is 39.0. The lowest BCUT2D eigenvalue weighted by molar-refractivity contribution is -0.359. The number of carbonyl (C=O) groups excluding carboxylic acids is 1. The van der Waals surface area contributed by atoms with Gasteiger partial charge in [-0.05, 0) is 51.4 Å². The Bertz CT molecular complexity index is 1530. The lowest BCUT2D eigenvalue weighted by Crippen LogP contribution is -2.65. The molecular weight excluding hydrogens is 1050 g/mol. The number of carbonyl (C=O) groups is 1. The van der Waals surface area contributed by atoms with Crippen molar-refractivity contribution in [3.63, 3.8) is 0 Å². The third-order valence-electron chi connectivity index (χ3n) is 17.1. The fourth-order valence-corrected chi connectivity index (χ4v) is 11.5. The lowest BCUT2D eigenvalue weighted by atomic mass is 9.97. The van der Waals surface area contributed by atoms with E-state index in [2.05, 4.69) is 43.5 Å². The first-order valence-corrected chi connectivity index (χ1v) is 34.7. The van der Waals surface area contributed by atoms with Crippen molar-refractivity contribution in [2.75, 3.05) is 19.8 Å². The maximum absolute atomic E-state index is 13.3. The topological polar surface area (TPSA) is 228 Å². The molecule has 2 heterocycles. The molecule has 2 aliphatic heterocycles. The quantitative estimate of drug-likeness (QED) is 0.0204. The summed E-state index contributed by atoms with van der Waals surface area (Å²) in [5, 5.41) is 87.1. The summed E-state index contributed by atoms with van der Waals surface area (Å²) in [6, 6.07) is -0.911. The number of amides is 1. The Morgan fingerprint density at radius 2 is 0.795 bits per heavy atom. The third-order valence-corrected chi connectivity index (χ3v) is 17.1. The molecule has 2 saturated heterocycles. The van der Waals surface area contributed by atoms with Crippen LogP contribution in [0.15, 0.2) is 36.5 Å². The zero-order valence-corrected chi connectivity index (χ0v) is 53.0. The van der Waals surface area contributed by atoms with Crippen LogP contribution in [-0.2, 0) is 23.7 Å². The van der Waals surface area contributed by atoms with Crippen molar-refractivity contribution in [1.82, 2.24) is 5.32 Å². The van der Waals surface area contributed by atoms with Crippen LogP contribution in [-0.4, -0.2) is 140 Å². The van der Waals surface area contributed by atoms with Crippen molar-refractivity contribution in [3.05, 3.63) is 36.5 Å². The van der Waals surface area contributed by atoms with Crippen LogP contribution in [0.4, 0.5) is 0 Å². The van der Waals surface area contributed by atoms with Gasteiger partial charge in [0.1, 0.15) is 48.8 Å². The molecule has 12 atom stereocenters. The average Bonchev–Trinajstić information content (AvgIpc) is 3.58. The number of aliphatic hydroxyl groups excluding tert-OH is 8. The van der Waals surface area contributed by atoms with Gasteiger partial charge in [0.25, 0.3) is 0 Å². The van der Waals surface area contributed by atoms with Gasteiger partial charge in [0.15, 0.2) is 12.6 Å². The van der Waals surface area contributed by atoms with Crippen LogP contribution in [0.5, 0.6) is 0 Å². The summed E-state index contributed by atoms with van der Waals surface area (Å²) in [4.78, 5) is 13.3. The maximum Gasteiger partial charge on any atom is 0.220 e. The summed E-state index contributed by atoms with van der Waals surface area (Å²) >= 11 is 0. The Morgan fingerprint density at radius 3 is 1.20 bits per heavy atom. The zero-order chi connectivity index (χ0) is 60.2. The zero-order valence-electron chi connectivity index (χ0n) is 53.0. The molecule has 488 valence electrons. The van der Waals surface area contributed by atoms with Crippen molar-refractivity contribution in [1.29, 1.82) is 0 Å². The van der Waals surface area contributed by atoms with Gasteiger partial charge in [-0.1, -0.05) is 281 Å². The second-order valence-electron chi connectivity index (χ2n) is 24.7. The Kier molecular flexibility index (Phi) is 50.6. The molecule has 2 rings (SSSR count). The monoisotopic (exact) mass is 1180 g/mol. The van der Waals surface area contributed by atoms with Crippen molar-refractivity contribution in [3.8, 4) is 0 Å². The average molecular weight is 1180 g/mol. The number of hydrogen-bond donors (Lipinski definition) is 9. The van der Waals surface area contributed by atoms with Crippen LogP contribution in [0.3, 0.4) is 0 Å². The van der Waals surface area contributed by atoms with Crippen molar-refractivity contribution >= 4 is 5.91 Å². The highest BCUT2D eigenvalue weighted by Gasteiger charge is 2.51. The van der Waals surface area contributed by atoms with Crippen molar-refractivity contribution in [2.24, 2.45) is 0 Å². The molecule has 12 unspecified atom stereocenters. The number of aliphatic hydroxyl groups is 8. The smallest absolute Gasteiger partial charge is 0.220 e. The van der Waals surface area contributed by atoms with Gasteiger partial charge in [-0.25, -0.2) is 0 Å². The predicted molar refractivity (Wildman–Crippen MR) is 337 cm³/mol. The van der Waals surface area contributed by atoms with Gasteiger partial charge in [0.2, 0.25) is 5.91 Å². The molecule has 2 fully saturated rings. The van der Waals surface area contributed by atoms with Gasteiger partial charge in [-0.2, -0.15) is 0 Å². The van der Waals surface area contributed by atoms with E-state index in [1.54, 1.807) is 6.08 Å². The van der Waals surface area contributed by atoms with E-state index in [1.807, 2.05) is 6.08 Å². The molecule has 2 aliphatic rings. The highest BCUT2D eigenvalue weighted by Crippen LogP contribution is 2.30. The molecule has 0 spiro atoms. The highest BCUT2D eigenvalue weighted by molar-refractivity contribution is 5.76. The molecule has 0 saturated carbocycles. The molecule has 0 bridgehead atoms. The van der Waals surface area contributed by atoms with E-state index in [4.69, 9.17) is 18.9 Å². The first-order valence-electron chi connectivity index (χ1n) is 34.7. The van der Waals surface area contributed by atoms with E-state index in [0.29, 0.717) is 6.42 Å². The summed E-state index contributed by atoms with van der Waals surface area (Å²) in [6.07, 6.45) is 52.3. The Hall–Kier alpha value is -1.79. The fraction of sp³-hybridized carbons (Fsp3) is 0.899. The summed E-state index contributed by atoms with van der Waals surface area (Å²) < 4.78 is 22.8. The van der Waals surface area contributed by atoms with Gasteiger partial charge in [0.05, 0.1) is 32.0 Å². The maximum atomic E-state index is 13.3. The van der Waals surface area contributed by atoms with Crippen molar-refractivity contribution < 1.29 is 64.6 Å². The Morgan fingerprint density at radius 1 is 0.434 bits per heavy atom. The molecule has 0 aromatic rings. The number of rotatable bonds is 57. The molecule has 1 amide bonds. The van der Waals surface area contributed by atoms with Gasteiger partial charge < -0.3 is 65.1 Å². The first-order chi connectivity index (χ1) is 40.6. The first kappa shape index (κ1) is 77.3. The van der Waals surface area contributed by atoms with Gasteiger partial charge >= 0.3 is 0 Å². The molecule has 14 heteroatoms. The molecule has 0 radical (unpaired) electrons. The van der Waals surface area contributed by atoms with E-state index >= 15 is 0 Å². The van der Waals surface area contributed by atoms with Gasteiger partial charge in [-0.3, -0.25) is 4.79 Å². The van der Waals surface area contributed by atoms with E-state index < -0.39 is 86.8 Å². The second-order valence-corrected chi connectivity index (χ2v) is 24.7. The van der Waals surface area contributed by atoms with Crippen LogP contribution >= 0.6 is 0 Å². The SMILES string of the molecule is CCCCCCC/C=C\C/C=C\CCCCCCCCCCCCCCCCCCCCCCCCCCCC(=O)NC(COC1OC(CO)C(OC2OC(CO)C(O)C(O)C2O)C(O)C1O)C(O)/C=C/CCCCCCCCCCCC. The molecule has 83 heavy (non-hydrogen) atoms. The standard InChI is InChI=1S/C69H129NO13/c1-3-5-7-9-11-13-15-17-18-19-20-21-22-23-24-25-26-27-28-29-30-31-32-33-34-35-36-37-38-39-40-41-43-45-47-49-51-53-61(74)70-57(58(73)52-50-48-46-44-42-16-14-12-10-8-6-4-2)56-80-68-66(79)64(77)67(60(55-72)82-68)83-69-65(78)63(76)62(75)59(54-71)81-69/h15,17,19-20,50,52,57-60,62-69,71-73,75-79H,3-14,16,18,21-49,51,53-56H2,1-2H3,(H,70,74)/b17-15-,20-19-,52-50+. The normalized spacial score (nSPS) is 24.0. The molecule has 14 nitrogen and oxygen atoms in total. The minimum absolute atomic E-state index is 0.235. The number of hydrogen-bond acceptors (Lipinski definition) is 13. The van der Waals surface area contributed by atoms with Crippen LogP contribution in [0, 0.1) is 0 Å². The molecule has 0 aromatic carbocycles. The van der Waals surface area contributed by atoms with E-state index in [-0.39, 0.29) is 18.9 Å². The van der Waals surface area contributed by atoms with Crippen LogP contribution in [0.1, 0.15) is 303 Å². The molecule has 9 N–H and O–H groups in total. The summed E-state index contributed by atoms with van der Waals surface area (Å²) in [5.41, 5.74) is 0. The largest absolute Gasteiger partial charge is 0.394 e. The van der Waals surface area contributed by atoms with Crippen LogP contribution in [0.2, 0.25) is 0 Å². The Labute approximate surface area is 506 Å². The Balaban J connectivity index is 1.56. The minimum atomic E-state index is -1.79. The second kappa shape index (κ2) is 54.4. The number of ether oxygens (including phenoxy) is 4. The molecular formula is C69H129NO13. The van der Waals surface area contributed by atoms with Gasteiger partial charge in [-0.15, -0.1) is 0 Å². The predicted octanol–water partition coefficient (Wildman–Crippen LogP) is 13.7. The van der Waals surface area contributed by atoms with Crippen molar-refractivity contribution in [2.45, 2.75) is 376 Å². The van der Waals surface area contributed by atoms with Crippen LogP contribution in [0.25, 0.3) is 0 Å². The number of unbranched alkanes of at least 4 members (excludes halogenated alkanes) is 40.